The van der Waals surface area contributed by atoms with Crippen molar-refractivity contribution in [3.8, 4) is 45.0 Å². The molecule has 2 heterocycles. The molecule has 43 heavy (non-hydrogen) atoms. The number of rotatable bonds is 5. The first-order valence-electron chi connectivity index (χ1n) is 15.8. The van der Waals surface area contributed by atoms with Gasteiger partial charge in [-0.05, 0) is 115 Å². The first-order chi connectivity index (χ1) is 21.2. The normalized spacial score (nSPS) is 24.0. The third kappa shape index (κ3) is 4.41. The molecular weight excluding hydrogens is 524 g/mol. The van der Waals surface area contributed by atoms with Gasteiger partial charge in [0.05, 0.1) is 5.69 Å². The Morgan fingerprint density at radius 2 is 1.09 bits per heavy atom. The maximum Gasteiger partial charge on any atom is 0.227 e. The molecule has 4 aliphatic rings. The molecule has 0 atom stereocenters. The van der Waals surface area contributed by atoms with Crippen molar-refractivity contribution < 1.29 is 4.42 Å². The van der Waals surface area contributed by atoms with Gasteiger partial charge in [-0.2, -0.15) is 0 Å². The minimum absolute atomic E-state index is 0.249. The smallest absolute Gasteiger partial charge is 0.227 e. The van der Waals surface area contributed by atoms with Gasteiger partial charge in [-0.1, -0.05) is 78.9 Å². The predicted octanol–water partition coefficient (Wildman–Crippen LogP) is 10.4. The molecular formula is C40H34N2O. The standard InChI is InChI=1S/C40H34N2O/c1-3-7-31(8-4-1)36-20-34(22-38(41-36)40-23-26-17-27(24-40)19-28(18-26)25-40)30-13-11-29(12-14-30)33-15-16-35-37(21-33)43-39(42-35)32-9-5-2-6-10-32/h1-16,20-22,26-28H,17-19,23-25H2. The summed E-state index contributed by atoms with van der Waals surface area (Å²) in [5.41, 5.74) is 11.3. The lowest BCUT2D eigenvalue weighted by Crippen LogP contribution is -2.49. The van der Waals surface area contributed by atoms with Crippen molar-refractivity contribution in [3.63, 3.8) is 0 Å². The molecule has 0 unspecified atom stereocenters. The van der Waals surface area contributed by atoms with Crippen LogP contribution < -0.4 is 0 Å². The first-order valence-corrected chi connectivity index (χ1v) is 15.8. The highest BCUT2D eigenvalue weighted by Crippen LogP contribution is 2.60. The van der Waals surface area contributed by atoms with Gasteiger partial charge in [0.15, 0.2) is 5.58 Å². The molecule has 0 aliphatic heterocycles. The minimum atomic E-state index is 0.249. The molecule has 0 saturated heterocycles. The van der Waals surface area contributed by atoms with Crippen LogP contribution in [0.15, 0.2) is 120 Å². The van der Waals surface area contributed by atoms with Crippen molar-refractivity contribution in [2.75, 3.05) is 0 Å². The lowest BCUT2D eigenvalue weighted by atomic mass is 9.48. The van der Waals surface area contributed by atoms with Crippen molar-refractivity contribution in [2.45, 2.75) is 43.9 Å². The van der Waals surface area contributed by atoms with Crippen LogP contribution in [0.4, 0.5) is 0 Å². The van der Waals surface area contributed by atoms with E-state index < -0.39 is 0 Å². The Morgan fingerprint density at radius 3 is 1.74 bits per heavy atom. The van der Waals surface area contributed by atoms with E-state index in [0.29, 0.717) is 5.89 Å². The number of nitrogens with zero attached hydrogens (tertiary/aromatic N) is 2. The Hall–Kier alpha value is -4.50. The molecule has 4 fully saturated rings. The fourth-order valence-electron chi connectivity index (χ4n) is 8.81. The van der Waals surface area contributed by atoms with E-state index in [-0.39, 0.29) is 5.41 Å². The summed E-state index contributed by atoms with van der Waals surface area (Å²) in [4.78, 5) is 10.1. The van der Waals surface area contributed by atoms with Crippen LogP contribution in [0.5, 0.6) is 0 Å². The number of benzene rings is 4. The molecule has 0 N–H and O–H groups in total. The summed E-state index contributed by atoms with van der Waals surface area (Å²) >= 11 is 0. The lowest BCUT2D eigenvalue weighted by molar-refractivity contribution is -0.00712. The van der Waals surface area contributed by atoms with E-state index in [4.69, 9.17) is 14.4 Å². The van der Waals surface area contributed by atoms with E-state index in [0.717, 1.165) is 45.7 Å². The van der Waals surface area contributed by atoms with E-state index in [2.05, 4.69) is 84.9 Å². The van der Waals surface area contributed by atoms with Crippen LogP contribution in [0.1, 0.15) is 44.2 Å². The molecule has 0 spiro atoms. The maximum atomic E-state index is 6.16. The summed E-state index contributed by atoms with van der Waals surface area (Å²) in [6.07, 6.45) is 8.29. The fourth-order valence-corrected chi connectivity index (χ4v) is 8.81. The summed E-state index contributed by atoms with van der Waals surface area (Å²) in [6, 6.07) is 40.8. The number of hydrogen-bond donors (Lipinski definition) is 0. The van der Waals surface area contributed by atoms with Crippen molar-refractivity contribution >= 4 is 11.1 Å². The Bertz CT molecular complexity index is 1900. The van der Waals surface area contributed by atoms with Crippen LogP contribution in [-0.4, -0.2) is 9.97 Å². The van der Waals surface area contributed by atoms with Crippen LogP contribution in [0.2, 0.25) is 0 Å². The molecule has 210 valence electrons. The van der Waals surface area contributed by atoms with Crippen molar-refractivity contribution in [1.29, 1.82) is 0 Å². The summed E-state index contributed by atoms with van der Waals surface area (Å²) in [5, 5.41) is 0. The van der Waals surface area contributed by atoms with E-state index >= 15 is 0 Å². The molecule has 2 aromatic heterocycles. The number of fused-ring (bicyclic) bond motifs is 1. The SMILES string of the molecule is c1ccc(-c2cc(-c3ccc(-c4ccc5nc(-c6ccccc6)oc5c4)cc3)cc(C34CC5CC(CC(C5)C3)C4)n2)cc1. The molecule has 3 nitrogen and oxygen atoms in total. The molecule has 4 aliphatic carbocycles. The number of pyridine rings is 1. The molecule has 6 aromatic rings. The largest absolute Gasteiger partial charge is 0.436 e. The quantitative estimate of drug-likeness (QED) is 0.211. The topological polar surface area (TPSA) is 38.9 Å². The van der Waals surface area contributed by atoms with Gasteiger partial charge in [0.1, 0.15) is 5.52 Å². The van der Waals surface area contributed by atoms with Crippen LogP contribution in [-0.2, 0) is 5.41 Å². The summed E-state index contributed by atoms with van der Waals surface area (Å²) < 4.78 is 6.16. The van der Waals surface area contributed by atoms with Gasteiger partial charge in [0.2, 0.25) is 5.89 Å². The summed E-state index contributed by atoms with van der Waals surface area (Å²) in [7, 11) is 0. The molecule has 4 aromatic carbocycles. The second kappa shape index (κ2) is 9.77. The fraction of sp³-hybridized carbons (Fsp3) is 0.250. The van der Waals surface area contributed by atoms with Gasteiger partial charge in [0.25, 0.3) is 0 Å². The molecule has 4 bridgehead atoms. The zero-order valence-corrected chi connectivity index (χ0v) is 24.2. The van der Waals surface area contributed by atoms with Crippen LogP contribution in [0.3, 0.4) is 0 Å². The van der Waals surface area contributed by atoms with E-state index in [1.807, 2.05) is 30.3 Å². The highest BCUT2D eigenvalue weighted by Gasteiger charge is 2.52. The maximum absolute atomic E-state index is 6.16. The van der Waals surface area contributed by atoms with E-state index in [1.165, 1.54) is 66.5 Å². The highest BCUT2D eigenvalue weighted by atomic mass is 16.3. The predicted molar refractivity (Wildman–Crippen MR) is 173 cm³/mol. The van der Waals surface area contributed by atoms with Crippen LogP contribution >= 0.6 is 0 Å². The van der Waals surface area contributed by atoms with Crippen molar-refractivity contribution in [1.82, 2.24) is 9.97 Å². The van der Waals surface area contributed by atoms with Gasteiger partial charge in [0, 0.05) is 22.2 Å². The van der Waals surface area contributed by atoms with E-state index in [1.54, 1.807) is 0 Å². The van der Waals surface area contributed by atoms with Gasteiger partial charge >= 0.3 is 0 Å². The minimum Gasteiger partial charge on any atom is -0.436 e. The van der Waals surface area contributed by atoms with E-state index in [9.17, 15) is 0 Å². The summed E-state index contributed by atoms with van der Waals surface area (Å²) in [6.45, 7) is 0. The third-order valence-electron chi connectivity index (χ3n) is 10.4. The van der Waals surface area contributed by atoms with Crippen molar-refractivity contribution in [2.24, 2.45) is 17.8 Å². The number of aromatic nitrogens is 2. The summed E-state index contributed by atoms with van der Waals surface area (Å²) in [5.74, 6) is 3.33. The average Bonchev–Trinajstić information content (AvgIpc) is 3.49. The van der Waals surface area contributed by atoms with Crippen LogP contribution in [0, 0.1) is 17.8 Å². The second-order valence-corrected chi connectivity index (χ2v) is 13.3. The highest BCUT2D eigenvalue weighted by molar-refractivity contribution is 5.83. The molecule has 10 rings (SSSR count). The molecule has 0 radical (unpaired) electrons. The Balaban J connectivity index is 1.08. The Morgan fingerprint density at radius 1 is 0.512 bits per heavy atom. The van der Waals surface area contributed by atoms with Gasteiger partial charge in [-0.25, -0.2) is 4.98 Å². The Labute approximate surface area is 252 Å². The van der Waals surface area contributed by atoms with Gasteiger partial charge in [-0.15, -0.1) is 0 Å². The monoisotopic (exact) mass is 558 g/mol. The molecule has 3 heteroatoms. The molecule has 0 amide bonds. The Kier molecular flexibility index (Phi) is 5.69. The second-order valence-electron chi connectivity index (χ2n) is 13.3. The number of oxazole rings is 1. The number of hydrogen-bond acceptors (Lipinski definition) is 3. The molecule has 4 saturated carbocycles. The zero-order chi connectivity index (χ0) is 28.4. The van der Waals surface area contributed by atoms with Gasteiger partial charge in [-0.3, -0.25) is 4.98 Å². The first kappa shape index (κ1) is 25.0. The van der Waals surface area contributed by atoms with Gasteiger partial charge < -0.3 is 4.42 Å². The zero-order valence-electron chi connectivity index (χ0n) is 24.2. The van der Waals surface area contributed by atoms with Crippen molar-refractivity contribution in [3.05, 3.63) is 121 Å². The lowest BCUT2D eigenvalue weighted by Gasteiger charge is -2.56. The third-order valence-corrected chi connectivity index (χ3v) is 10.4. The van der Waals surface area contributed by atoms with Crippen LogP contribution in [0.25, 0.3) is 56.1 Å². The average molecular weight is 559 g/mol.